The summed E-state index contributed by atoms with van der Waals surface area (Å²) in [4.78, 5) is 34.4. The van der Waals surface area contributed by atoms with Crippen molar-refractivity contribution >= 4 is 29.2 Å². The number of aromatic amines is 1. The number of anilines is 1. The predicted molar refractivity (Wildman–Crippen MR) is 148 cm³/mol. The number of H-pyrrole nitrogens is 1. The first-order chi connectivity index (χ1) is 18.9. The van der Waals surface area contributed by atoms with Crippen LogP contribution in [-0.2, 0) is 4.79 Å². The summed E-state index contributed by atoms with van der Waals surface area (Å²) in [6.45, 7) is 4.38. The molecule has 2 unspecified atom stereocenters. The van der Waals surface area contributed by atoms with Crippen molar-refractivity contribution in [2.75, 3.05) is 31.5 Å². The number of hydrogen-bond acceptors (Lipinski definition) is 3. The third kappa shape index (κ3) is 5.01. The standard InChI is InChI=1S/C31H32F2N4O2/c1-19-14-25(31(39)37-12-3-2-8-23(37)18-36-13-11-22(33)17-36)28(34-19)16-26-29-24(20-6-4-7-21(32)15-20)9-5-10-27(29)35-30(26)38/h4-7,9-10,14-16,22-23,34H,2-3,8,11-13,17-18H2,1H3,(H,35,38)/b26-16-. The van der Waals surface area contributed by atoms with Crippen LogP contribution in [0.4, 0.5) is 14.5 Å². The van der Waals surface area contributed by atoms with Gasteiger partial charge in [-0.25, -0.2) is 8.78 Å². The van der Waals surface area contributed by atoms with Crippen molar-refractivity contribution in [3.63, 3.8) is 0 Å². The molecule has 6 nitrogen and oxygen atoms in total. The summed E-state index contributed by atoms with van der Waals surface area (Å²) in [5.74, 6) is -0.707. The van der Waals surface area contributed by atoms with E-state index in [1.54, 1.807) is 12.1 Å². The SMILES string of the molecule is Cc1cc(C(=O)N2CCCCC2CN2CCC(F)C2)c(/C=C2\C(=O)Nc3cccc(-c4cccc(F)c4)c32)[nH]1. The molecule has 4 heterocycles. The molecule has 8 heteroatoms. The van der Waals surface area contributed by atoms with Crippen LogP contribution >= 0.6 is 0 Å². The van der Waals surface area contributed by atoms with Crippen LogP contribution in [0.5, 0.6) is 0 Å². The van der Waals surface area contributed by atoms with E-state index in [4.69, 9.17) is 0 Å². The molecule has 3 aliphatic rings. The number of halogens is 2. The minimum Gasteiger partial charge on any atom is -0.358 e. The lowest BCUT2D eigenvalue weighted by Crippen LogP contribution is -2.49. The molecule has 2 N–H and O–H groups in total. The number of likely N-dealkylation sites (tertiary alicyclic amines) is 2. The Morgan fingerprint density at radius 2 is 1.95 bits per heavy atom. The van der Waals surface area contributed by atoms with Gasteiger partial charge in [0.25, 0.3) is 11.8 Å². The summed E-state index contributed by atoms with van der Waals surface area (Å²) in [6.07, 6.45) is 4.37. The fourth-order valence-electron chi connectivity index (χ4n) is 6.19. The maximum absolute atomic E-state index is 14.1. The average Bonchev–Trinajstić information content (AvgIpc) is 3.60. The molecule has 0 bridgehead atoms. The van der Waals surface area contributed by atoms with Crippen LogP contribution in [0, 0.1) is 12.7 Å². The Morgan fingerprint density at radius 3 is 2.74 bits per heavy atom. The topological polar surface area (TPSA) is 68.4 Å². The van der Waals surface area contributed by atoms with Crippen molar-refractivity contribution in [2.24, 2.45) is 0 Å². The number of carbonyl (C=O) groups is 2. The number of nitrogens with one attached hydrogen (secondary N) is 2. The number of rotatable bonds is 5. The molecule has 1 aromatic heterocycles. The molecule has 39 heavy (non-hydrogen) atoms. The van der Waals surface area contributed by atoms with Crippen molar-refractivity contribution in [1.29, 1.82) is 0 Å². The van der Waals surface area contributed by atoms with Gasteiger partial charge in [-0.3, -0.25) is 14.5 Å². The Balaban J connectivity index is 1.35. The Labute approximate surface area is 226 Å². The van der Waals surface area contributed by atoms with Crippen molar-refractivity contribution in [2.45, 2.75) is 44.8 Å². The second-order valence-corrected chi connectivity index (χ2v) is 10.8. The van der Waals surface area contributed by atoms with Gasteiger partial charge in [-0.15, -0.1) is 0 Å². The van der Waals surface area contributed by atoms with Crippen LogP contribution in [0.3, 0.4) is 0 Å². The number of aryl methyl sites for hydroxylation is 1. The lowest BCUT2D eigenvalue weighted by molar-refractivity contribution is -0.110. The highest BCUT2D eigenvalue weighted by Crippen LogP contribution is 2.41. The zero-order valence-corrected chi connectivity index (χ0v) is 22.0. The molecule has 2 aromatic carbocycles. The van der Waals surface area contributed by atoms with Gasteiger partial charge in [0, 0.05) is 49.2 Å². The summed E-state index contributed by atoms with van der Waals surface area (Å²) < 4.78 is 27.9. The van der Waals surface area contributed by atoms with Crippen LogP contribution in [0.15, 0.2) is 48.5 Å². The number of carbonyl (C=O) groups excluding carboxylic acids is 2. The van der Waals surface area contributed by atoms with Gasteiger partial charge in [0.05, 0.1) is 16.8 Å². The fraction of sp³-hybridized carbons (Fsp3) is 0.355. The summed E-state index contributed by atoms with van der Waals surface area (Å²) in [7, 11) is 0. The molecule has 0 saturated carbocycles. The molecule has 2 amide bonds. The van der Waals surface area contributed by atoms with Gasteiger partial charge in [-0.2, -0.15) is 0 Å². The first-order valence-corrected chi connectivity index (χ1v) is 13.7. The van der Waals surface area contributed by atoms with Gasteiger partial charge in [0.1, 0.15) is 12.0 Å². The number of hydrogen-bond donors (Lipinski definition) is 2. The summed E-state index contributed by atoms with van der Waals surface area (Å²) in [6, 6.07) is 13.7. The number of benzene rings is 2. The van der Waals surface area contributed by atoms with E-state index in [1.807, 2.05) is 42.2 Å². The maximum Gasteiger partial charge on any atom is 0.256 e. The monoisotopic (exact) mass is 530 g/mol. The molecule has 0 spiro atoms. The van der Waals surface area contributed by atoms with E-state index in [0.29, 0.717) is 59.7 Å². The van der Waals surface area contributed by atoms with Gasteiger partial charge in [-0.1, -0.05) is 24.3 Å². The largest absolute Gasteiger partial charge is 0.358 e. The van der Waals surface area contributed by atoms with E-state index in [0.717, 1.165) is 37.1 Å². The molecule has 3 aromatic rings. The Bertz CT molecular complexity index is 1460. The summed E-state index contributed by atoms with van der Waals surface area (Å²) in [5.41, 5.74) is 5.06. The highest BCUT2D eigenvalue weighted by molar-refractivity contribution is 6.36. The smallest absolute Gasteiger partial charge is 0.256 e. The summed E-state index contributed by atoms with van der Waals surface area (Å²) >= 11 is 0. The molecule has 0 aliphatic carbocycles. The van der Waals surface area contributed by atoms with Gasteiger partial charge >= 0.3 is 0 Å². The molecule has 202 valence electrons. The first-order valence-electron chi connectivity index (χ1n) is 13.7. The molecular formula is C31H32F2N4O2. The lowest BCUT2D eigenvalue weighted by Gasteiger charge is -2.38. The van der Waals surface area contributed by atoms with Gasteiger partial charge in [0.15, 0.2) is 0 Å². The van der Waals surface area contributed by atoms with Gasteiger partial charge in [-0.05, 0) is 74.1 Å². The van der Waals surface area contributed by atoms with Crippen LogP contribution < -0.4 is 5.32 Å². The van der Waals surface area contributed by atoms with Crippen molar-refractivity contribution in [1.82, 2.24) is 14.8 Å². The molecule has 2 saturated heterocycles. The number of aromatic nitrogens is 1. The number of fused-ring (bicyclic) bond motifs is 1. The molecule has 2 atom stereocenters. The van der Waals surface area contributed by atoms with Crippen molar-refractivity contribution < 1.29 is 18.4 Å². The predicted octanol–water partition coefficient (Wildman–Crippen LogP) is 5.66. The van der Waals surface area contributed by atoms with E-state index in [1.165, 1.54) is 12.1 Å². The second kappa shape index (κ2) is 10.4. The average molecular weight is 531 g/mol. The van der Waals surface area contributed by atoms with Crippen LogP contribution in [0.25, 0.3) is 22.8 Å². The van der Waals surface area contributed by atoms with Crippen molar-refractivity contribution in [3.05, 3.63) is 76.9 Å². The van der Waals surface area contributed by atoms with E-state index >= 15 is 0 Å². The third-order valence-corrected chi connectivity index (χ3v) is 8.04. The molecular weight excluding hydrogens is 498 g/mol. The van der Waals surface area contributed by atoms with Crippen LogP contribution in [0.1, 0.15) is 53.0 Å². The van der Waals surface area contributed by atoms with Crippen LogP contribution in [0.2, 0.25) is 0 Å². The van der Waals surface area contributed by atoms with Gasteiger partial charge < -0.3 is 15.2 Å². The Morgan fingerprint density at radius 1 is 1.10 bits per heavy atom. The van der Waals surface area contributed by atoms with E-state index in [9.17, 15) is 18.4 Å². The molecule has 0 radical (unpaired) electrons. The van der Waals surface area contributed by atoms with E-state index < -0.39 is 6.17 Å². The zero-order chi connectivity index (χ0) is 27.1. The quantitative estimate of drug-likeness (QED) is 0.419. The number of piperidine rings is 1. The Kier molecular flexibility index (Phi) is 6.81. The highest BCUT2D eigenvalue weighted by Gasteiger charge is 2.33. The molecule has 2 fully saturated rings. The molecule has 3 aliphatic heterocycles. The zero-order valence-electron chi connectivity index (χ0n) is 22.0. The fourth-order valence-corrected chi connectivity index (χ4v) is 6.19. The number of amides is 2. The maximum atomic E-state index is 14.1. The molecule has 6 rings (SSSR count). The lowest BCUT2D eigenvalue weighted by atomic mass is 9.94. The van der Waals surface area contributed by atoms with E-state index in [-0.39, 0.29) is 23.7 Å². The minimum absolute atomic E-state index is 0.0299. The minimum atomic E-state index is -0.791. The number of nitrogens with zero attached hydrogens (tertiary/aromatic N) is 2. The highest BCUT2D eigenvalue weighted by atomic mass is 19.1. The van der Waals surface area contributed by atoms with Crippen LogP contribution in [-0.4, -0.2) is 65.0 Å². The second-order valence-electron chi connectivity index (χ2n) is 10.8. The normalized spacial score (nSPS) is 22.4. The number of alkyl halides is 1. The summed E-state index contributed by atoms with van der Waals surface area (Å²) in [5, 5.41) is 2.92. The van der Waals surface area contributed by atoms with E-state index in [2.05, 4.69) is 15.2 Å². The first kappa shape index (κ1) is 25.5. The third-order valence-electron chi connectivity index (χ3n) is 8.04. The van der Waals surface area contributed by atoms with Gasteiger partial charge in [0.2, 0.25) is 0 Å². The van der Waals surface area contributed by atoms with Crippen molar-refractivity contribution in [3.8, 4) is 11.1 Å². The Hall–Kier alpha value is -3.78.